The van der Waals surface area contributed by atoms with Crippen molar-refractivity contribution in [3.8, 4) is 0 Å². The first kappa shape index (κ1) is 14.8. The van der Waals surface area contributed by atoms with Gasteiger partial charge in [-0.15, -0.1) is 0 Å². The number of fused-ring (bicyclic) bond motifs is 1. The third-order valence-corrected chi connectivity index (χ3v) is 5.15. The van der Waals surface area contributed by atoms with Gasteiger partial charge in [0.25, 0.3) is 0 Å². The van der Waals surface area contributed by atoms with Crippen LogP contribution in [0.25, 0.3) is 0 Å². The normalized spacial score (nSPS) is 20.6. The summed E-state index contributed by atoms with van der Waals surface area (Å²) in [4.78, 5) is 10.00. The summed E-state index contributed by atoms with van der Waals surface area (Å²) in [5.74, 6) is 1.15. The van der Waals surface area contributed by atoms with E-state index in [1.165, 1.54) is 36.1 Å². The number of aromatic nitrogens is 1. The molecular formula is C17H28N4. The molecule has 4 heteroatoms. The summed E-state index contributed by atoms with van der Waals surface area (Å²) in [6.07, 6.45) is 4.79. The fourth-order valence-corrected chi connectivity index (χ4v) is 3.57. The zero-order chi connectivity index (χ0) is 14.8. The largest absolute Gasteiger partial charge is 0.354 e. The van der Waals surface area contributed by atoms with E-state index in [0.717, 1.165) is 38.4 Å². The zero-order valence-corrected chi connectivity index (χ0v) is 13.4. The Bertz CT molecular complexity index is 492. The predicted octanol–water partition coefficient (Wildman–Crippen LogP) is 1.95. The van der Waals surface area contributed by atoms with E-state index in [9.17, 15) is 0 Å². The molecule has 3 rings (SSSR count). The van der Waals surface area contributed by atoms with E-state index in [-0.39, 0.29) is 0 Å². The maximum atomic E-state index is 5.97. The lowest BCUT2D eigenvalue weighted by Crippen LogP contribution is -2.50. The minimum atomic E-state index is 0.598. The molecule has 1 aliphatic heterocycles. The van der Waals surface area contributed by atoms with Crippen molar-refractivity contribution in [2.24, 2.45) is 5.73 Å². The highest BCUT2D eigenvalue weighted by Gasteiger charge is 2.24. The van der Waals surface area contributed by atoms with Crippen molar-refractivity contribution in [2.75, 3.05) is 31.1 Å². The Morgan fingerprint density at radius 2 is 2.00 bits per heavy atom. The van der Waals surface area contributed by atoms with Crippen LogP contribution in [0.3, 0.4) is 0 Å². The predicted molar refractivity (Wildman–Crippen MR) is 87.7 cm³/mol. The quantitative estimate of drug-likeness (QED) is 0.920. The van der Waals surface area contributed by atoms with Crippen molar-refractivity contribution >= 4 is 5.82 Å². The van der Waals surface area contributed by atoms with E-state index in [1.807, 2.05) is 0 Å². The molecule has 0 radical (unpaired) electrons. The first-order valence-corrected chi connectivity index (χ1v) is 8.43. The summed E-state index contributed by atoms with van der Waals surface area (Å²) in [7, 11) is 0. The van der Waals surface area contributed by atoms with E-state index >= 15 is 0 Å². The molecule has 0 amide bonds. The van der Waals surface area contributed by atoms with Gasteiger partial charge in [0, 0.05) is 50.0 Å². The Balaban J connectivity index is 1.76. The topological polar surface area (TPSA) is 45.4 Å². The molecule has 1 atom stereocenters. The standard InChI is InChI=1S/C17H28N4/c1-3-13(2)20-7-9-21(10-8-20)17-15(12-18)11-14-5-4-6-16(14)19-17/h11,13H,3-10,12,18H2,1-2H3. The van der Waals surface area contributed by atoms with E-state index < -0.39 is 0 Å². The zero-order valence-electron chi connectivity index (χ0n) is 13.4. The van der Waals surface area contributed by atoms with Crippen LogP contribution in [0, 0.1) is 0 Å². The van der Waals surface area contributed by atoms with Gasteiger partial charge < -0.3 is 10.6 Å². The lowest BCUT2D eigenvalue weighted by atomic mass is 10.1. The van der Waals surface area contributed by atoms with Crippen molar-refractivity contribution in [1.82, 2.24) is 9.88 Å². The second-order valence-electron chi connectivity index (χ2n) is 6.41. The van der Waals surface area contributed by atoms with Crippen LogP contribution < -0.4 is 10.6 Å². The van der Waals surface area contributed by atoms with Crippen molar-refractivity contribution in [3.05, 3.63) is 22.9 Å². The Hall–Kier alpha value is -1.13. The molecule has 0 saturated carbocycles. The van der Waals surface area contributed by atoms with Gasteiger partial charge in [0.1, 0.15) is 5.82 Å². The van der Waals surface area contributed by atoms with Crippen LogP contribution in [0.5, 0.6) is 0 Å². The molecule has 4 nitrogen and oxygen atoms in total. The minimum Gasteiger partial charge on any atom is -0.354 e. The molecule has 2 N–H and O–H groups in total. The van der Waals surface area contributed by atoms with Crippen LogP contribution >= 0.6 is 0 Å². The lowest BCUT2D eigenvalue weighted by molar-refractivity contribution is 0.192. The molecule has 116 valence electrons. The number of aryl methyl sites for hydroxylation is 2. The number of pyridine rings is 1. The van der Waals surface area contributed by atoms with Gasteiger partial charge in [-0.2, -0.15) is 0 Å². The van der Waals surface area contributed by atoms with Gasteiger partial charge in [0.05, 0.1) is 0 Å². The SMILES string of the molecule is CCC(C)N1CCN(c2nc3c(cc2CN)CCC3)CC1. The third-order valence-electron chi connectivity index (χ3n) is 5.15. The molecule has 1 aliphatic carbocycles. The molecule has 1 aromatic heterocycles. The number of rotatable bonds is 4. The summed E-state index contributed by atoms with van der Waals surface area (Å²) < 4.78 is 0. The number of nitrogens with zero attached hydrogens (tertiary/aromatic N) is 3. The van der Waals surface area contributed by atoms with Gasteiger partial charge in [-0.3, -0.25) is 4.90 Å². The van der Waals surface area contributed by atoms with Gasteiger partial charge in [-0.1, -0.05) is 6.92 Å². The Labute approximate surface area is 128 Å². The van der Waals surface area contributed by atoms with Gasteiger partial charge in [-0.05, 0) is 44.2 Å². The first-order chi connectivity index (χ1) is 10.2. The maximum Gasteiger partial charge on any atom is 0.133 e. The molecule has 1 fully saturated rings. The first-order valence-electron chi connectivity index (χ1n) is 8.43. The molecule has 2 heterocycles. The van der Waals surface area contributed by atoms with Crippen LogP contribution in [0.15, 0.2) is 6.07 Å². The molecular weight excluding hydrogens is 260 g/mol. The summed E-state index contributed by atoms with van der Waals surface area (Å²) in [5.41, 5.74) is 9.94. The lowest BCUT2D eigenvalue weighted by Gasteiger charge is -2.39. The second kappa shape index (κ2) is 6.32. The highest BCUT2D eigenvalue weighted by Crippen LogP contribution is 2.28. The second-order valence-corrected chi connectivity index (χ2v) is 6.41. The number of piperazine rings is 1. The van der Waals surface area contributed by atoms with Crippen molar-refractivity contribution in [3.63, 3.8) is 0 Å². The molecule has 21 heavy (non-hydrogen) atoms. The maximum absolute atomic E-state index is 5.97. The van der Waals surface area contributed by atoms with Gasteiger partial charge >= 0.3 is 0 Å². The molecule has 1 saturated heterocycles. The van der Waals surface area contributed by atoms with Crippen molar-refractivity contribution in [2.45, 2.75) is 52.1 Å². The highest BCUT2D eigenvalue weighted by atomic mass is 15.3. The Morgan fingerprint density at radius 1 is 1.24 bits per heavy atom. The van der Waals surface area contributed by atoms with Crippen LogP contribution in [-0.4, -0.2) is 42.1 Å². The van der Waals surface area contributed by atoms with Crippen LogP contribution in [0.4, 0.5) is 5.82 Å². The van der Waals surface area contributed by atoms with Gasteiger partial charge in [0.2, 0.25) is 0 Å². The van der Waals surface area contributed by atoms with Crippen molar-refractivity contribution in [1.29, 1.82) is 0 Å². The number of nitrogens with two attached hydrogens (primary N) is 1. The molecule has 0 spiro atoms. The number of hydrogen-bond acceptors (Lipinski definition) is 4. The number of hydrogen-bond donors (Lipinski definition) is 1. The van der Waals surface area contributed by atoms with Crippen molar-refractivity contribution < 1.29 is 0 Å². The molecule has 0 bridgehead atoms. The highest BCUT2D eigenvalue weighted by molar-refractivity contribution is 5.51. The average Bonchev–Trinajstić information content (AvgIpc) is 3.00. The molecule has 1 unspecified atom stereocenters. The summed E-state index contributed by atoms with van der Waals surface area (Å²) in [6.45, 7) is 9.61. The van der Waals surface area contributed by atoms with E-state index in [1.54, 1.807) is 0 Å². The summed E-state index contributed by atoms with van der Waals surface area (Å²) in [6, 6.07) is 3.00. The fourth-order valence-electron chi connectivity index (χ4n) is 3.57. The molecule has 1 aromatic rings. The number of anilines is 1. The van der Waals surface area contributed by atoms with Crippen LogP contribution in [0.1, 0.15) is 43.5 Å². The van der Waals surface area contributed by atoms with Gasteiger partial charge in [-0.25, -0.2) is 4.98 Å². The van der Waals surface area contributed by atoms with E-state index in [4.69, 9.17) is 10.7 Å². The monoisotopic (exact) mass is 288 g/mol. The Kier molecular flexibility index (Phi) is 4.45. The third kappa shape index (κ3) is 2.92. The smallest absolute Gasteiger partial charge is 0.133 e. The van der Waals surface area contributed by atoms with Crippen LogP contribution in [0.2, 0.25) is 0 Å². The molecule has 2 aliphatic rings. The summed E-state index contributed by atoms with van der Waals surface area (Å²) >= 11 is 0. The fraction of sp³-hybridized carbons (Fsp3) is 0.706. The van der Waals surface area contributed by atoms with E-state index in [2.05, 4.69) is 29.7 Å². The van der Waals surface area contributed by atoms with Crippen LogP contribution in [-0.2, 0) is 19.4 Å². The summed E-state index contributed by atoms with van der Waals surface area (Å²) in [5, 5.41) is 0. The minimum absolute atomic E-state index is 0.598. The van der Waals surface area contributed by atoms with E-state index in [0.29, 0.717) is 12.6 Å². The van der Waals surface area contributed by atoms with Gasteiger partial charge in [0.15, 0.2) is 0 Å². The Morgan fingerprint density at radius 3 is 2.67 bits per heavy atom. The molecule has 0 aromatic carbocycles. The average molecular weight is 288 g/mol.